The summed E-state index contributed by atoms with van der Waals surface area (Å²) in [6.45, 7) is 0.499. The van der Waals surface area contributed by atoms with Crippen LogP contribution >= 0.6 is 0 Å². The van der Waals surface area contributed by atoms with Crippen molar-refractivity contribution >= 4 is 32.6 Å². The first-order chi connectivity index (χ1) is 12.4. The monoisotopic (exact) mass is 380 g/mol. The van der Waals surface area contributed by atoms with Crippen LogP contribution in [0.15, 0.2) is 30.3 Å². The quantitative estimate of drug-likeness (QED) is 0.608. The summed E-state index contributed by atoms with van der Waals surface area (Å²) in [5.41, 5.74) is 1.11. The predicted molar refractivity (Wildman–Crippen MR) is 96.2 cm³/mol. The van der Waals surface area contributed by atoms with Crippen LogP contribution < -0.4 is 9.03 Å². The van der Waals surface area contributed by atoms with Gasteiger partial charge in [-0.05, 0) is 41.3 Å². The summed E-state index contributed by atoms with van der Waals surface area (Å²) in [7, 11) is -3.98. The van der Waals surface area contributed by atoms with Crippen molar-refractivity contribution in [1.82, 2.24) is 4.72 Å². The molecular formula is C17H20N2O6S. The molecule has 1 amide bonds. The second-order valence-corrected chi connectivity index (χ2v) is 7.59. The Morgan fingerprint density at radius 1 is 1.15 bits per heavy atom. The number of nitrogens with one attached hydrogen (secondary N) is 1. The van der Waals surface area contributed by atoms with E-state index in [0.717, 1.165) is 33.5 Å². The molecule has 0 aliphatic carbocycles. The van der Waals surface area contributed by atoms with Gasteiger partial charge in [0.1, 0.15) is 12.3 Å². The minimum Gasteiger partial charge on any atom is -0.506 e. The van der Waals surface area contributed by atoms with Gasteiger partial charge in [0.05, 0.1) is 18.9 Å². The minimum atomic E-state index is -3.98. The van der Waals surface area contributed by atoms with Gasteiger partial charge in [0.15, 0.2) is 0 Å². The van der Waals surface area contributed by atoms with Gasteiger partial charge < -0.3 is 14.9 Å². The zero-order valence-corrected chi connectivity index (χ0v) is 14.8. The first-order valence-electron chi connectivity index (χ1n) is 8.18. The van der Waals surface area contributed by atoms with Gasteiger partial charge in [-0.2, -0.15) is 8.42 Å². The van der Waals surface area contributed by atoms with E-state index in [2.05, 4.69) is 0 Å². The summed E-state index contributed by atoms with van der Waals surface area (Å²) in [6.07, 6.45) is 1.55. The number of rotatable bonds is 7. The molecule has 0 atom stereocenters. The van der Waals surface area contributed by atoms with Crippen LogP contribution in [0.4, 0.5) is 5.69 Å². The summed E-state index contributed by atoms with van der Waals surface area (Å²) in [5, 5.41) is 20.4. The Hall–Kier alpha value is -2.36. The molecular weight excluding hydrogens is 360 g/mol. The molecule has 0 spiro atoms. The van der Waals surface area contributed by atoms with Gasteiger partial charge in [0, 0.05) is 6.61 Å². The smallest absolute Gasteiger partial charge is 0.326 e. The molecule has 8 nitrogen and oxygen atoms in total. The van der Waals surface area contributed by atoms with Crippen molar-refractivity contribution in [2.24, 2.45) is 0 Å². The van der Waals surface area contributed by atoms with E-state index in [1.165, 1.54) is 6.07 Å². The number of fused-ring (bicyclic) bond motifs is 1. The van der Waals surface area contributed by atoms with Gasteiger partial charge in [-0.25, -0.2) is 9.03 Å². The highest BCUT2D eigenvalue weighted by Gasteiger charge is 2.35. The van der Waals surface area contributed by atoms with Crippen LogP contribution in [0.25, 0.3) is 10.8 Å². The molecule has 2 aromatic rings. The summed E-state index contributed by atoms with van der Waals surface area (Å²) >= 11 is 0. The maximum absolute atomic E-state index is 12.0. The Balaban J connectivity index is 1.85. The highest BCUT2D eigenvalue weighted by Crippen LogP contribution is 2.35. The predicted octanol–water partition coefficient (Wildman–Crippen LogP) is 0.668. The number of ether oxygens (including phenoxy) is 1. The van der Waals surface area contributed by atoms with Crippen LogP contribution in [-0.4, -0.2) is 50.9 Å². The molecule has 1 heterocycles. The van der Waals surface area contributed by atoms with Crippen LogP contribution in [-0.2, 0) is 26.2 Å². The highest BCUT2D eigenvalue weighted by atomic mass is 32.2. The standard InChI is InChI=1S/C17H20N2O6S/c20-5-7-25-6-1-2-12-3-4-13-10-16(21)15(9-14(13)8-12)19-11-17(22)18-26(19,23)24/h3-4,8-10,20-21H,1-2,5-7,11H2,(H,18,22). The lowest BCUT2D eigenvalue weighted by Gasteiger charge is -2.17. The molecule has 0 aromatic heterocycles. The zero-order chi connectivity index (χ0) is 18.7. The Bertz CT molecular complexity index is 928. The SMILES string of the molecule is O=C1CN(c2cc3cc(CCCOCCO)ccc3cc2O)S(=O)(=O)N1. The van der Waals surface area contributed by atoms with Gasteiger partial charge in [-0.1, -0.05) is 18.2 Å². The third-order valence-electron chi connectivity index (χ3n) is 4.08. The molecule has 1 saturated heterocycles. The van der Waals surface area contributed by atoms with Crippen molar-refractivity contribution in [2.75, 3.05) is 30.7 Å². The van der Waals surface area contributed by atoms with Crippen molar-refractivity contribution < 1.29 is 28.2 Å². The number of hydrogen-bond acceptors (Lipinski definition) is 6. The molecule has 1 fully saturated rings. The van der Waals surface area contributed by atoms with Crippen LogP contribution in [0.5, 0.6) is 5.75 Å². The van der Waals surface area contributed by atoms with Gasteiger partial charge in [-0.3, -0.25) is 4.79 Å². The summed E-state index contributed by atoms with van der Waals surface area (Å²) in [4.78, 5) is 11.4. The van der Waals surface area contributed by atoms with Crippen LogP contribution in [0.2, 0.25) is 0 Å². The number of aliphatic hydroxyl groups excluding tert-OH is 1. The number of phenols is 1. The first kappa shape index (κ1) is 18.4. The lowest BCUT2D eigenvalue weighted by molar-refractivity contribution is -0.117. The normalized spacial score (nSPS) is 16.2. The number of nitrogens with zero attached hydrogens (tertiary/aromatic N) is 1. The molecule has 140 valence electrons. The molecule has 26 heavy (non-hydrogen) atoms. The molecule has 2 aromatic carbocycles. The number of aromatic hydroxyl groups is 1. The van der Waals surface area contributed by atoms with Gasteiger partial charge in [0.25, 0.3) is 5.91 Å². The molecule has 3 N–H and O–H groups in total. The number of hydrogen-bond donors (Lipinski definition) is 3. The molecule has 0 bridgehead atoms. The van der Waals surface area contributed by atoms with E-state index in [0.29, 0.717) is 13.2 Å². The van der Waals surface area contributed by atoms with E-state index < -0.39 is 16.1 Å². The lowest BCUT2D eigenvalue weighted by Crippen LogP contribution is -2.29. The number of benzene rings is 2. The van der Waals surface area contributed by atoms with Gasteiger partial charge >= 0.3 is 10.2 Å². The Labute approximate surface area is 151 Å². The number of anilines is 1. The van der Waals surface area contributed by atoms with Crippen LogP contribution in [0.3, 0.4) is 0 Å². The van der Waals surface area contributed by atoms with Gasteiger partial charge in [-0.15, -0.1) is 0 Å². The third-order valence-corrected chi connectivity index (χ3v) is 5.47. The molecule has 0 unspecified atom stereocenters. The zero-order valence-electron chi connectivity index (χ0n) is 14.0. The fourth-order valence-electron chi connectivity index (χ4n) is 2.88. The number of carbonyl (C=O) groups excluding carboxylic acids is 1. The van der Waals surface area contributed by atoms with E-state index >= 15 is 0 Å². The number of aryl methyl sites for hydroxylation is 1. The van der Waals surface area contributed by atoms with Crippen molar-refractivity contribution in [3.63, 3.8) is 0 Å². The van der Waals surface area contributed by atoms with E-state index in [4.69, 9.17) is 9.84 Å². The third kappa shape index (κ3) is 3.90. The maximum Gasteiger partial charge on any atom is 0.326 e. The number of aliphatic hydroxyl groups is 1. The fraction of sp³-hybridized carbons (Fsp3) is 0.353. The molecule has 0 radical (unpaired) electrons. The minimum absolute atomic E-state index is 0.000980. The first-order valence-corrected chi connectivity index (χ1v) is 9.62. The number of amides is 1. The topological polar surface area (TPSA) is 116 Å². The summed E-state index contributed by atoms with van der Waals surface area (Å²) in [5.74, 6) is -0.844. The number of phenolic OH excluding ortho intramolecular Hbond substituents is 1. The molecule has 9 heteroatoms. The lowest BCUT2D eigenvalue weighted by atomic mass is 10.0. The molecule has 1 aliphatic rings. The Morgan fingerprint density at radius 3 is 2.65 bits per heavy atom. The van der Waals surface area contributed by atoms with Gasteiger partial charge in [0.2, 0.25) is 0 Å². The van der Waals surface area contributed by atoms with Crippen molar-refractivity contribution in [3.8, 4) is 5.75 Å². The summed E-state index contributed by atoms with van der Waals surface area (Å²) in [6, 6.07) is 8.75. The number of carbonyl (C=O) groups is 1. The van der Waals surface area contributed by atoms with E-state index in [1.807, 2.05) is 22.9 Å². The summed E-state index contributed by atoms with van der Waals surface area (Å²) < 4.78 is 32.0. The largest absolute Gasteiger partial charge is 0.506 e. The maximum atomic E-state index is 12.0. The molecule has 1 aliphatic heterocycles. The Kier molecular flexibility index (Phi) is 5.30. The van der Waals surface area contributed by atoms with Crippen LogP contribution in [0.1, 0.15) is 12.0 Å². The molecule has 0 saturated carbocycles. The van der Waals surface area contributed by atoms with E-state index in [-0.39, 0.29) is 24.6 Å². The Morgan fingerprint density at radius 2 is 1.96 bits per heavy atom. The average molecular weight is 380 g/mol. The highest BCUT2D eigenvalue weighted by molar-refractivity contribution is 7.92. The van der Waals surface area contributed by atoms with Crippen LogP contribution in [0, 0.1) is 0 Å². The van der Waals surface area contributed by atoms with Crippen molar-refractivity contribution in [3.05, 3.63) is 35.9 Å². The second-order valence-electron chi connectivity index (χ2n) is 6.00. The van der Waals surface area contributed by atoms with Crippen molar-refractivity contribution in [1.29, 1.82) is 0 Å². The van der Waals surface area contributed by atoms with Crippen molar-refractivity contribution in [2.45, 2.75) is 12.8 Å². The fourth-order valence-corrected chi connectivity index (χ4v) is 4.04. The average Bonchev–Trinajstić information content (AvgIpc) is 2.86. The van der Waals surface area contributed by atoms with E-state index in [9.17, 15) is 18.3 Å². The van der Waals surface area contributed by atoms with E-state index in [1.54, 1.807) is 6.07 Å². The molecule has 3 rings (SSSR count). The second kappa shape index (κ2) is 7.48.